The zero-order valence-corrected chi connectivity index (χ0v) is 6.70. The van der Waals surface area contributed by atoms with Crippen molar-refractivity contribution < 1.29 is 0 Å². The van der Waals surface area contributed by atoms with Crippen LogP contribution in [-0.2, 0) is 0 Å². The van der Waals surface area contributed by atoms with Crippen molar-refractivity contribution >= 4 is 0 Å². The van der Waals surface area contributed by atoms with E-state index >= 15 is 0 Å². The molecule has 1 aliphatic carbocycles. The average Bonchev–Trinajstić information content (AvgIpc) is 1.86. The molecule has 1 rings (SSSR count). The smallest absolute Gasteiger partial charge is 0.000471 e. The average molecular weight is 127 g/mol. The lowest BCUT2D eigenvalue weighted by Gasteiger charge is -2.45. The predicted octanol–water partition coefficient (Wildman–Crippen LogP) is 1.64. The van der Waals surface area contributed by atoms with Gasteiger partial charge in [0.15, 0.2) is 0 Å². The first-order chi connectivity index (χ1) is 4.19. The molecule has 9 heavy (non-hydrogen) atoms. The van der Waals surface area contributed by atoms with Crippen LogP contribution in [-0.4, -0.2) is 13.6 Å². The van der Waals surface area contributed by atoms with Crippen LogP contribution in [0, 0.1) is 11.3 Å². The molecule has 0 aromatic heterocycles. The van der Waals surface area contributed by atoms with Gasteiger partial charge in [0, 0.05) is 6.54 Å². The zero-order chi connectivity index (χ0) is 6.91. The third-order valence-corrected chi connectivity index (χ3v) is 2.92. The van der Waals surface area contributed by atoms with E-state index in [9.17, 15) is 0 Å². The minimum atomic E-state index is 0.620. The molecule has 0 bridgehead atoms. The Morgan fingerprint density at radius 2 is 2.33 bits per heavy atom. The van der Waals surface area contributed by atoms with Crippen molar-refractivity contribution in [3.8, 4) is 0 Å². The Morgan fingerprint density at radius 1 is 1.67 bits per heavy atom. The van der Waals surface area contributed by atoms with E-state index in [4.69, 9.17) is 0 Å². The molecule has 1 N–H and O–H groups in total. The van der Waals surface area contributed by atoms with Crippen molar-refractivity contribution in [3.63, 3.8) is 0 Å². The van der Waals surface area contributed by atoms with Crippen LogP contribution in [0.1, 0.15) is 26.7 Å². The summed E-state index contributed by atoms with van der Waals surface area (Å²) in [4.78, 5) is 0. The van der Waals surface area contributed by atoms with Gasteiger partial charge in [0.1, 0.15) is 0 Å². The molecule has 0 heterocycles. The van der Waals surface area contributed by atoms with Gasteiger partial charge in [0.25, 0.3) is 0 Å². The van der Waals surface area contributed by atoms with Crippen molar-refractivity contribution in [2.75, 3.05) is 13.6 Å². The fourth-order valence-electron chi connectivity index (χ4n) is 1.59. The van der Waals surface area contributed by atoms with E-state index < -0.39 is 0 Å². The molecule has 0 amide bonds. The number of rotatable bonds is 2. The Kier molecular flexibility index (Phi) is 1.80. The van der Waals surface area contributed by atoms with Crippen LogP contribution in [0.5, 0.6) is 0 Å². The standard InChI is InChI=1S/C8H17N/c1-7-4-5-8(7,2)6-9-3/h7,9H,4-6H2,1-3H3. The van der Waals surface area contributed by atoms with Crippen LogP contribution in [0.4, 0.5) is 0 Å². The van der Waals surface area contributed by atoms with Gasteiger partial charge in [0.2, 0.25) is 0 Å². The lowest BCUT2D eigenvalue weighted by atomic mass is 9.62. The van der Waals surface area contributed by atoms with Gasteiger partial charge in [-0.3, -0.25) is 0 Å². The molecule has 1 nitrogen and oxygen atoms in total. The van der Waals surface area contributed by atoms with Gasteiger partial charge in [-0.05, 0) is 31.2 Å². The maximum atomic E-state index is 3.24. The minimum absolute atomic E-state index is 0.620. The molecule has 1 heteroatoms. The van der Waals surface area contributed by atoms with E-state index in [1.165, 1.54) is 19.4 Å². The van der Waals surface area contributed by atoms with Crippen LogP contribution in [0.25, 0.3) is 0 Å². The van der Waals surface area contributed by atoms with E-state index in [1.54, 1.807) is 0 Å². The van der Waals surface area contributed by atoms with Crippen molar-refractivity contribution in [2.24, 2.45) is 11.3 Å². The molecule has 2 atom stereocenters. The third-order valence-electron chi connectivity index (χ3n) is 2.92. The highest BCUT2D eigenvalue weighted by Gasteiger charge is 2.38. The minimum Gasteiger partial charge on any atom is -0.319 e. The Morgan fingerprint density at radius 3 is 2.44 bits per heavy atom. The monoisotopic (exact) mass is 127 g/mol. The Balaban J connectivity index is 2.34. The molecule has 1 fully saturated rings. The van der Waals surface area contributed by atoms with Crippen LogP contribution >= 0.6 is 0 Å². The number of nitrogens with one attached hydrogen (secondary N) is 1. The highest BCUT2D eigenvalue weighted by atomic mass is 14.8. The number of hydrogen-bond donors (Lipinski definition) is 1. The maximum Gasteiger partial charge on any atom is 0.000471 e. The summed E-state index contributed by atoms with van der Waals surface area (Å²) < 4.78 is 0. The van der Waals surface area contributed by atoms with E-state index in [-0.39, 0.29) is 0 Å². The fourth-order valence-corrected chi connectivity index (χ4v) is 1.59. The summed E-state index contributed by atoms with van der Waals surface area (Å²) in [5, 5.41) is 3.24. The Labute approximate surface area is 57.8 Å². The van der Waals surface area contributed by atoms with E-state index in [1.807, 2.05) is 7.05 Å². The van der Waals surface area contributed by atoms with Gasteiger partial charge < -0.3 is 5.32 Å². The first-order valence-corrected chi connectivity index (χ1v) is 3.83. The summed E-state index contributed by atoms with van der Waals surface area (Å²) in [5.74, 6) is 0.935. The van der Waals surface area contributed by atoms with Crippen LogP contribution in [0.2, 0.25) is 0 Å². The fraction of sp³-hybridized carbons (Fsp3) is 1.00. The molecule has 0 aliphatic heterocycles. The molecule has 0 radical (unpaired) electrons. The van der Waals surface area contributed by atoms with Crippen LogP contribution in [0.3, 0.4) is 0 Å². The van der Waals surface area contributed by atoms with Gasteiger partial charge in [0.05, 0.1) is 0 Å². The third kappa shape index (κ3) is 1.11. The second-order valence-corrected chi connectivity index (χ2v) is 3.62. The van der Waals surface area contributed by atoms with Crippen LogP contribution in [0.15, 0.2) is 0 Å². The molecule has 54 valence electrons. The van der Waals surface area contributed by atoms with Gasteiger partial charge in [-0.2, -0.15) is 0 Å². The highest BCUT2D eigenvalue weighted by molar-refractivity contribution is 4.90. The Bertz CT molecular complexity index is 101. The quantitative estimate of drug-likeness (QED) is 0.594. The second-order valence-electron chi connectivity index (χ2n) is 3.62. The van der Waals surface area contributed by atoms with Gasteiger partial charge in [-0.1, -0.05) is 13.8 Å². The first kappa shape index (κ1) is 7.07. The molecule has 1 saturated carbocycles. The second kappa shape index (κ2) is 2.30. The Hall–Kier alpha value is -0.0400. The summed E-state index contributed by atoms with van der Waals surface area (Å²) in [6, 6.07) is 0. The molecule has 0 spiro atoms. The van der Waals surface area contributed by atoms with Gasteiger partial charge >= 0.3 is 0 Å². The normalized spacial score (nSPS) is 42.3. The van der Waals surface area contributed by atoms with E-state index in [2.05, 4.69) is 19.2 Å². The van der Waals surface area contributed by atoms with Crippen molar-refractivity contribution in [3.05, 3.63) is 0 Å². The predicted molar refractivity (Wildman–Crippen MR) is 40.4 cm³/mol. The number of hydrogen-bond acceptors (Lipinski definition) is 1. The summed E-state index contributed by atoms with van der Waals surface area (Å²) in [6.07, 6.45) is 2.84. The summed E-state index contributed by atoms with van der Waals surface area (Å²) in [7, 11) is 2.04. The molecule has 0 aromatic carbocycles. The van der Waals surface area contributed by atoms with E-state index in [0.717, 1.165) is 5.92 Å². The van der Waals surface area contributed by atoms with Gasteiger partial charge in [-0.15, -0.1) is 0 Å². The van der Waals surface area contributed by atoms with Gasteiger partial charge in [-0.25, -0.2) is 0 Å². The SMILES string of the molecule is CNCC1(C)CCC1C. The largest absolute Gasteiger partial charge is 0.319 e. The highest BCUT2D eigenvalue weighted by Crippen LogP contribution is 2.45. The molecule has 1 aliphatic rings. The lowest BCUT2D eigenvalue weighted by molar-refractivity contribution is 0.0678. The summed E-state index contributed by atoms with van der Waals surface area (Å²) in [5.41, 5.74) is 0.620. The van der Waals surface area contributed by atoms with Crippen LogP contribution < -0.4 is 5.32 Å². The topological polar surface area (TPSA) is 12.0 Å². The maximum absolute atomic E-state index is 3.24. The molecule has 0 aromatic rings. The first-order valence-electron chi connectivity index (χ1n) is 3.83. The van der Waals surface area contributed by atoms with E-state index in [0.29, 0.717) is 5.41 Å². The van der Waals surface area contributed by atoms with Crippen molar-refractivity contribution in [1.29, 1.82) is 0 Å². The van der Waals surface area contributed by atoms with Crippen molar-refractivity contribution in [2.45, 2.75) is 26.7 Å². The molecular formula is C8H17N. The lowest BCUT2D eigenvalue weighted by Crippen LogP contribution is -2.42. The summed E-state index contributed by atoms with van der Waals surface area (Å²) >= 11 is 0. The molecular weight excluding hydrogens is 110 g/mol. The van der Waals surface area contributed by atoms with Crippen molar-refractivity contribution in [1.82, 2.24) is 5.32 Å². The molecule has 0 saturated heterocycles. The zero-order valence-electron chi connectivity index (χ0n) is 6.70. The molecule has 2 unspecified atom stereocenters. The summed E-state index contributed by atoms with van der Waals surface area (Å²) in [6.45, 7) is 5.91.